The second kappa shape index (κ2) is 8.15. The molecule has 2 aromatic heterocycles. The van der Waals surface area contributed by atoms with Crippen LogP contribution in [-0.4, -0.2) is 26.4 Å². The number of benzene rings is 1. The molecule has 0 radical (unpaired) electrons. The number of aromatic nitrogens is 4. The maximum atomic E-state index is 12.7. The summed E-state index contributed by atoms with van der Waals surface area (Å²) in [5.74, 6) is 1.01. The fourth-order valence-corrected chi connectivity index (χ4v) is 3.23. The summed E-state index contributed by atoms with van der Waals surface area (Å²) in [5, 5.41) is 4.83. The molecule has 0 spiro atoms. The Morgan fingerprint density at radius 2 is 2.15 bits per heavy atom. The van der Waals surface area contributed by atoms with Crippen LogP contribution in [0.25, 0.3) is 27.5 Å². The van der Waals surface area contributed by atoms with E-state index in [9.17, 15) is 4.79 Å². The van der Waals surface area contributed by atoms with E-state index in [1.165, 1.54) is 5.54 Å². The molecule has 0 bridgehead atoms. The molecule has 0 fully saturated rings. The lowest BCUT2D eigenvalue weighted by Gasteiger charge is -2.11. The van der Waals surface area contributed by atoms with Crippen molar-refractivity contribution in [2.24, 2.45) is 7.05 Å². The maximum absolute atomic E-state index is 12.7. The quantitative estimate of drug-likeness (QED) is 0.655. The first-order valence-corrected chi connectivity index (χ1v) is 9.50. The van der Waals surface area contributed by atoms with Crippen LogP contribution in [0, 0.1) is 0 Å². The van der Waals surface area contributed by atoms with E-state index in [0.717, 1.165) is 18.5 Å². The van der Waals surface area contributed by atoms with Gasteiger partial charge in [0.25, 0.3) is 5.56 Å². The molecule has 0 saturated heterocycles. The number of halogens is 2. The largest absolute Gasteiger partial charge is 0.493 e. The Kier molecular flexibility index (Phi) is 5.87. The van der Waals surface area contributed by atoms with Crippen LogP contribution in [0.1, 0.15) is 31.5 Å². The van der Waals surface area contributed by atoms with Gasteiger partial charge in [0.05, 0.1) is 22.9 Å². The molecule has 3 aromatic rings. The standard InChI is InChI=1S/C19H20Cl2N4O2/c1-4-6-14-16-17(25(3)24-14)19(26)23-18(22-16)12-9-11(13(21)10-20)7-8-15(12)27-5-2/h7-10H,4-6H2,1-3H3,(H,22,23,26)/b13-10-. The van der Waals surface area contributed by atoms with E-state index >= 15 is 0 Å². The third kappa shape index (κ3) is 3.73. The molecule has 1 aromatic carbocycles. The Bertz CT molecular complexity index is 1070. The van der Waals surface area contributed by atoms with Crippen LogP contribution in [-0.2, 0) is 13.5 Å². The van der Waals surface area contributed by atoms with E-state index in [0.29, 0.717) is 45.4 Å². The molecular formula is C19H20Cl2N4O2. The van der Waals surface area contributed by atoms with Crippen molar-refractivity contribution in [3.63, 3.8) is 0 Å². The SMILES string of the molecule is CCCc1nn(C)c2c(=O)[nH]c(-c3cc(/C(Cl)=C/Cl)ccc3OCC)nc12. The summed E-state index contributed by atoms with van der Waals surface area (Å²) in [7, 11) is 1.75. The fraction of sp³-hybridized carbons (Fsp3) is 0.316. The van der Waals surface area contributed by atoms with Gasteiger partial charge < -0.3 is 9.72 Å². The number of fused-ring (bicyclic) bond motifs is 1. The molecule has 0 aliphatic carbocycles. The van der Waals surface area contributed by atoms with Gasteiger partial charge in [-0.05, 0) is 37.1 Å². The minimum absolute atomic E-state index is 0.251. The first-order chi connectivity index (χ1) is 13.0. The van der Waals surface area contributed by atoms with Gasteiger partial charge in [0.1, 0.15) is 17.1 Å². The number of hydrogen-bond donors (Lipinski definition) is 1. The number of aryl methyl sites for hydroxylation is 2. The Morgan fingerprint density at radius 3 is 2.81 bits per heavy atom. The van der Waals surface area contributed by atoms with Crippen molar-refractivity contribution >= 4 is 39.3 Å². The zero-order chi connectivity index (χ0) is 19.6. The summed E-state index contributed by atoms with van der Waals surface area (Å²) in [4.78, 5) is 20.2. The molecule has 0 amide bonds. The molecule has 0 atom stereocenters. The highest BCUT2D eigenvalue weighted by Crippen LogP contribution is 2.33. The number of nitrogens with one attached hydrogen (secondary N) is 1. The van der Waals surface area contributed by atoms with Crippen molar-refractivity contribution < 1.29 is 4.74 Å². The summed E-state index contributed by atoms with van der Waals surface area (Å²) in [5.41, 5.74) is 4.24. The smallest absolute Gasteiger partial charge is 0.277 e. The predicted molar refractivity (Wildman–Crippen MR) is 109 cm³/mol. The predicted octanol–water partition coefficient (Wildman–Crippen LogP) is 4.45. The third-order valence-corrected chi connectivity index (χ3v) is 4.81. The highest BCUT2D eigenvalue weighted by molar-refractivity contribution is 6.52. The number of rotatable bonds is 6. The van der Waals surface area contributed by atoms with Gasteiger partial charge in [-0.2, -0.15) is 5.10 Å². The molecule has 2 heterocycles. The lowest BCUT2D eigenvalue weighted by molar-refractivity contribution is 0.341. The van der Waals surface area contributed by atoms with E-state index in [2.05, 4.69) is 17.0 Å². The van der Waals surface area contributed by atoms with Gasteiger partial charge in [-0.25, -0.2) is 4.98 Å². The maximum Gasteiger partial charge on any atom is 0.277 e. The second-order valence-corrected chi connectivity index (χ2v) is 6.66. The van der Waals surface area contributed by atoms with Crippen LogP contribution in [0.4, 0.5) is 0 Å². The first kappa shape index (κ1) is 19.5. The van der Waals surface area contributed by atoms with Crippen molar-refractivity contribution in [1.82, 2.24) is 19.7 Å². The molecule has 0 aliphatic heterocycles. The van der Waals surface area contributed by atoms with Crippen molar-refractivity contribution in [3.05, 3.63) is 45.3 Å². The average Bonchev–Trinajstić information content (AvgIpc) is 2.98. The lowest BCUT2D eigenvalue weighted by Crippen LogP contribution is -2.13. The summed E-state index contributed by atoms with van der Waals surface area (Å²) >= 11 is 11.9. The average molecular weight is 407 g/mol. The summed E-state index contributed by atoms with van der Waals surface area (Å²) in [6, 6.07) is 5.39. The summed E-state index contributed by atoms with van der Waals surface area (Å²) < 4.78 is 7.29. The summed E-state index contributed by atoms with van der Waals surface area (Å²) in [6.45, 7) is 4.43. The minimum Gasteiger partial charge on any atom is -0.493 e. The Balaban J connectivity index is 2.27. The summed E-state index contributed by atoms with van der Waals surface area (Å²) in [6.07, 6.45) is 1.65. The minimum atomic E-state index is -0.251. The van der Waals surface area contributed by atoms with Gasteiger partial charge in [0.15, 0.2) is 5.52 Å². The molecule has 0 unspecified atom stereocenters. The van der Waals surface area contributed by atoms with Gasteiger partial charge in [-0.15, -0.1) is 0 Å². The van der Waals surface area contributed by atoms with Gasteiger partial charge in [0, 0.05) is 12.6 Å². The zero-order valence-electron chi connectivity index (χ0n) is 15.3. The van der Waals surface area contributed by atoms with Crippen molar-refractivity contribution in [1.29, 1.82) is 0 Å². The lowest BCUT2D eigenvalue weighted by atomic mass is 10.1. The molecule has 8 heteroatoms. The number of H-pyrrole nitrogens is 1. The highest BCUT2D eigenvalue weighted by Gasteiger charge is 2.18. The number of hydrogen-bond acceptors (Lipinski definition) is 4. The second-order valence-electron chi connectivity index (χ2n) is 6.03. The Hall–Kier alpha value is -2.31. The first-order valence-electron chi connectivity index (χ1n) is 8.69. The van der Waals surface area contributed by atoms with Crippen LogP contribution in [0.3, 0.4) is 0 Å². The fourth-order valence-electron chi connectivity index (χ4n) is 2.99. The monoisotopic (exact) mass is 406 g/mol. The normalized spacial score (nSPS) is 12.0. The van der Waals surface area contributed by atoms with E-state index in [-0.39, 0.29) is 5.56 Å². The van der Waals surface area contributed by atoms with Gasteiger partial charge in [0.2, 0.25) is 0 Å². The molecule has 0 saturated carbocycles. The molecule has 1 N–H and O–H groups in total. The van der Waals surface area contributed by atoms with E-state index in [1.807, 2.05) is 6.92 Å². The molecule has 0 aliphatic rings. The number of ether oxygens (including phenoxy) is 1. The highest BCUT2D eigenvalue weighted by atomic mass is 35.5. The van der Waals surface area contributed by atoms with E-state index < -0.39 is 0 Å². The Labute approximate surface area is 166 Å². The van der Waals surface area contributed by atoms with Crippen molar-refractivity contribution in [2.45, 2.75) is 26.7 Å². The molecule has 3 rings (SSSR count). The van der Waals surface area contributed by atoms with Crippen LogP contribution in [0.2, 0.25) is 0 Å². The number of nitrogens with zero attached hydrogens (tertiary/aromatic N) is 3. The van der Waals surface area contributed by atoms with Gasteiger partial charge in [-0.1, -0.05) is 36.5 Å². The number of aromatic amines is 1. The van der Waals surface area contributed by atoms with Crippen LogP contribution in [0.15, 0.2) is 28.5 Å². The van der Waals surface area contributed by atoms with E-state index in [1.54, 1.807) is 29.9 Å². The van der Waals surface area contributed by atoms with Gasteiger partial charge in [-0.3, -0.25) is 9.48 Å². The third-order valence-electron chi connectivity index (χ3n) is 4.16. The zero-order valence-corrected chi connectivity index (χ0v) is 16.9. The molecule has 142 valence electrons. The van der Waals surface area contributed by atoms with Crippen molar-refractivity contribution in [2.75, 3.05) is 6.61 Å². The molecular weight excluding hydrogens is 387 g/mol. The van der Waals surface area contributed by atoms with Crippen LogP contribution in [0.5, 0.6) is 5.75 Å². The van der Waals surface area contributed by atoms with E-state index in [4.69, 9.17) is 32.9 Å². The van der Waals surface area contributed by atoms with Crippen LogP contribution < -0.4 is 10.3 Å². The molecule has 27 heavy (non-hydrogen) atoms. The van der Waals surface area contributed by atoms with Gasteiger partial charge >= 0.3 is 0 Å². The Morgan fingerprint density at radius 1 is 1.37 bits per heavy atom. The molecule has 6 nitrogen and oxygen atoms in total. The van der Waals surface area contributed by atoms with Crippen LogP contribution >= 0.6 is 23.2 Å². The topological polar surface area (TPSA) is 72.8 Å². The van der Waals surface area contributed by atoms with Crippen molar-refractivity contribution in [3.8, 4) is 17.1 Å².